The molecule has 2 rings (SSSR count). The second-order valence-corrected chi connectivity index (χ2v) is 5.66. The topological polar surface area (TPSA) is 52.6 Å². The summed E-state index contributed by atoms with van der Waals surface area (Å²) >= 11 is 1.62. The van der Waals surface area contributed by atoms with Crippen LogP contribution in [0.5, 0.6) is 5.75 Å². The molecule has 0 N–H and O–H groups in total. The molecular formula is C18H18O4S. The molecule has 0 unspecified atom stereocenters. The second-order valence-electron chi connectivity index (χ2n) is 4.78. The van der Waals surface area contributed by atoms with Crippen molar-refractivity contribution in [2.75, 3.05) is 12.9 Å². The number of carbonyl (C=O) groups excluding carboxylic acids is 2. The molecule has 4 nitrogen and oxygen atoms in total. The summed E-state index contributed by atoms with van der Waals surface area (Å²) < 4.78 is 10.3. The standard InChI is InChI=1S/C18H18O4S/c1-3-12-21-17(19)13-4-6-14(7-5-13)18(20)22-15-8-10-16(23-2)11-9-15/h4-11H,3,12H2,1-2H3. The predicted molar refractivity (Wildman–Crippen MR) is 90.2 cm³/mol. The molecule has 0 aliphatic heterocycles. The molecule has 0 aliphatic rings. The summed E-state index contributed by atoms with van der Waals surface area (Å²) in [5, 5.41) is 0. The van der Waals surface area contributed by atoms with Crippen molar-refractivity contribution >= 4 is 23.7 Å². The Labute approximate surface area is 139 Å². The maximum Gasteiger partial charge on any atom is 0.343 e. The van der Waals surface area contributed by atoms with E-state index in [2.05, 4.69) is 0 Å². The molecular weight excluding hydrogens is 312 g/mol. The van der Waals surface area contributed by atoms with E-state index in [1.807, 2.05) is 25.3 Å². The molecule has 0 atom stereocenters. The van der Waals surface area contributed by atoms with Crippen molar-refractivity contribution in [3.63, 3.8) is 0 Å². The quantitative estimate of drug-likeness (QED) is 0.451. The van der Waals surface area contributed by atoms with E-state index < -0.39 is 5.97 Å². The van der Waals surface area contributed by atoms with Crippen molar-refractivity contribution in [3.05, 3.63) is 59.7 Å². The summed E-state index contributed by atoms with van der Waals surface area (Å²) in [5.74, 6) is -0.367. The molecule has 0 aromatic heterocycles. The number of carbonyl (C=O) groups is 2. The lowest BCUT2D eigenvalue weighted by atomic mass is 10.1. The normalized spacial score (nSPS) is 10.2. The minimum atomic E-state index is -0.463. The van der Waals surface area contributed by atoms with Crippen LogP contribution >= 0.6 is 11.8 Å². The van der Waals surface area contributed by atoms with Gasteiger partial charge in [-0.2, -0.15) is 0 Å². The van der Waals surface area contributed by atoms with Crippen molar-refractivity contribution in [3.8, 4) is 5.75 Å². The maximum atomic E-state index is 12.1. The first kappa shape index (κ1) is 17.1. The van der Waals surface area contributed by atoms with Crippen LogP contribution in [0.3, 0.4) is 0 Å². The summed E-state index contributed by atoms with van der Waals surface area (Å²) in [5.41, 5.74) is 0.797. The van der Waals surface area contributed by atoms with Gasteiger partial charge in [-0.1, -0.05) is 6.92 Å². The number of rotatable bonds is 6. The fraction of sp³-hybridized carbons (Fsp3) is 0.222. The SMILES string of the molecule is CCCOC(=O)c1ccc(C(=O)Oc2ccc(SC)cc2)cc1. The molecule has 0 radical (unpaired) electrons. The zero-order chi connectivity index (χ0) is 16.7. The van der Waals surface area contributed by atoms with Crippen LogP contribution in [-0.4, -0.2) is 24.8 Å². The summed E-state index contributed by atoms with van der Waals surface area (Å²) in [6.45, 7) is 2.31. The van der Waals surface area contributed by atoms with Gasteiger partial charge in [0, 0.05) is 4.90 Å². The van der Waals surface area contributed by atoms with E-state index in [0.29, 0.717) is 23.5 Å². The average Bonchev–Trinajstić information content (AvgIpc) is 2.60. The summed E-state index contributed by atoms with van der Waals surface area (Å²) in [4.78, 5) is 24.9. The highest BCUT2D eigenvalue weighted by Crippen LogP contribution is 2.20. The number of esters is 2. The van der Waals surface area contributed by atoms with Crippen LogP contribution in [0, 0.1) is 0 Å². The fourth-order valence-electron chi connectivity index (χ4n) is 1.83. The molecule has 2 aromatic carbocycles. The monoisotopic (exact) mass is 330 g/mol. The van der Waals surface area contributed by atoms with Crippen LogP contribution in [0.15, 0.2) is 53.4 Å². The van der Waals surface area contributed by atoms with E-state index in [4.69, 9.17) is 9.47 Å². The van der Waals surface area contributed by atoms with Gasteiger partial charge in [0.25, 0.3) is 0 Å². The minimum Gasteiger partial charge on any atom is -0.462 e. The minimum absolute atomic E-state index is 0.381. The van der Waals surface area contributed by atoms with Crippen molar-refractivity contribution in [1.82, 2.24) is 0 Å². The van der Waals surface area contributed by atoms with Crippen LogP contribution in [0.2, 0.25) is 0 Å². The molecule has 0 amide bonds. The van der Waals surface area contributed by atoms with Gasteiger partial charge < -0.3 is 9.47 Å². The van der Waals surface area contributed by atoms with Gasteiger partial charge in [0.15, 0.2) is 0 Å². The Balaban J connectivity index is 2.00. The van der Waals surface area contributed by atoms with Crippen LogP contribution < -0.4 is 4.74 Å². The first-order valence-corrected chi connectivity index (χ1v) is 8.50. The van der Waals surface area contributed by atoms with Gasteiger partial charge in [-0.05, 0) is 61.2 Å². The molecule has 0 spiro atoms. The van der Waals surface area contributed by atoms with E-state index in [0.717, 1.165) is 11.3 Å². The van der Waals surface area contributed by atoms with Gasteiger partial charge in [-0.3, -0.25) is 0 Å². The molecule has 120 valence electrons. The predicted octanol–water partition coefficient (Wildman–Crippen LogP) is 4.19. The van der Waals surface area contributed by atoms with Crippen LogP contribution in [0.1, 0.15) is 34.1 Å². The Morgan fingerprint density at radius 1 is 0.913 bits per heavy atom. The van der Waals surface area contributed by atoms with Gasteiger partial charge in [0.05, 0.1) is 17.7 Å². The first-order valence-electron chi connectivity index (χ1n) is 7.27. The van der Waals surface area contributed by atoms with Gasteiger partial charge in [-0.15, -0.1) is 11.8 Å². The Morgan fingerprint density at radius 2 is 1.48 bits per heavy atom. The number of benzene rings is 2. The Kier molecular flexibility index (Phi) is 6.23. The molecule has 0 saturated heterocycles. The molecule has 0 heterocycles. The van der Waals surface area contributed by atoms with Crippen LogP contribution in [0.25, 0.3) is 0 Å². The number of ether oxygens (including phenoxy) is 2. The van der Waals surface area contributed by atoms with E-state index >= 15 is 0 Å². The van der Waals surface area contributed by atoms with E-state index in [1.54, 1.807) is 48.2 Å². The van der Waals surface area contributed by atoms with Gasteiger partial charge >= 0.3 is 11.9 Å². The fourth-order valence-corrected chi connectivity index (χ4v) is 2.24. The van der Waals surface area contributed by atoms with E-state index in [9.17, 15) is 9.59 Å². The number of hydrogen-bond donors (Lipinski definition) is 0. The smallest absolute Gasteiger partial charge is 0.343 e. The zero-order valence-corrected chi connectivity index (χ0v) is 13.9. The third-order valence-corrected chi connectivity index (χ3v) is 3.81. The average molecular weight is 330 g/mol. The van der Waals surface area contributed by atoms with Crippen molar-refractivity contribution in [1.29, 1.82) is 0 Å². The lowest BCUT2D eigenvalue weighted by Crippen LogP contribution is -2.10. The highest BCUT2D eigenvalue weighted by atomic mass is 32.2. The van der Waals surface area contributed by atoms with E-state index in [1.165, 1.54) is 0 Å². The molecule has 5 heteroatoms. The summed E-state index contributed by atoms with van der Waals surface area (Å²) in [7, 11) is 0. The van der Waals surface area contributed by atoms with Gasteiger partial charge in [0.2, 0.25) is 0 Å². The molecule has 0 bridgehead atoms. The van der Waals surface area contributed by atoms with Crippen LogP contribution in [-0.2, 0) is 4.74 Å². The van der Waals surface area contributed by atoms with E-state index in [-0.39, 0.29) is 5.97 Å². The Hall–Kier alpha value is -2.27. The van der Waals surface area contributed by atoms with Gasteiger partial charge in [0.1, 0.15) is 5.75 Å². The van der Waals surface area contributed by atoms with Crippen molar-refractivity contribution in [2.24, 2.45) is 0 Å². The first-order chi connectivity index (χ1) is 11.1. The highest BCUT2D eigenvalue weighted by molar-refractivity contribution is 7.98. The largest absolute Gasteiger partial charge is 0.462 e. The third-order valence-electron chi connectivity index (χ3n) is 3.06. The number of hydrogen-bond acceptors (Lipinski definition) is 5. The number of thioether (sulfide) groups is 1. The molecule has 2 aromatic rings. The summed E-state index contributed by atoms with van der Waals surface area (Å²) in [6, 6.07) is 13.5. The van der Waals surface area contributed by atoms with Crippen LogP contribution in [0.4, 0.5) is 0 Å². The van der Waals surface area contributed by atoms with Crippen molar-refractivity contribution < 1.29 is 19.1 Å². The third kappa shape index (κ3) is 4.86. The molecule has 0 aliphatic carbocycles. The Bertz CT molecular complexity index is 662. The molecule has 0 saturated carbocycles. The zero-order valence-electron chi connectivity index (χ0n) is 13.1. The van der Waals surface area contributed by atoms with Gasteiger partial charge in [-0.25, -0.2) is 9.59 Å². The Morgan fingerprint density at radius 3 is 2.00 bits per heavy atom. The second kappa shape index (κ2) is 8.39. The lowest BCUT2D eigenvalue weighted by Gasteiger charge is -2.06. The lowest BCUT2D eigenvalue weighted by molar-refractivity contribution is 0.0504. The molecule has 23 heavy (non-hydrogen) atoms. The maximum absolute atomic E-state index is 12.1. The van der Waals surface area contributed by atoms with Crippen molar-refractivity contribution in [2.45, 2.75) is 18.2 Å². The molecule has 0 fully saturated rings. The highest BCUT2D eigenvalue weighted by Gasteiger charge is 2.11. The summed E-state index contributed by atoms with van der Waals surface area (Å²) in [6.07, 6.45) is 2.75.